The van der Waals surface area contributed by atoms with Crippen LogP contribution in [0.25, 0.3) is 0 Å². The fourth-order valence-electron chi connectivity index (χ4n) is 1.63. The molecule has 0 aliphatic rings. The average Bonchev–Trinajstić information content (AvgIpc) is 2.76. The minimum atomic E-state index is 0.0606. The summed E-state index contributed by atoms with van der Waals surface area (Å²) in [6.45, 7) is 2.87. The lowest BCUT2D eigenvalue weighted by molar-refractivity contribution is 0.613. The van der Waals surface area contributed by atoms with Gasteiger partial charge >= 0.3 is 0 Å². The van der Waals surface area contributed by atoms with Gasteiger partial charge in [-0.05, 0) is 18.9 Å². The van der Waals surface area contributed by atoms with Crippen molar-refractivity contribution in [3.8, 4) is 0 Å². The van der Waals surface area contributed by atoms with Crippen LogP contribution in [0.3, 0.4) is 0 Å². The van der Waals surface area contributed by atoms with Gasteiger partial charge in [-0.15, -0.1) is 0 Å². The van der Waals surface area contributed by atoms with Crippen molar-refractivity contribution in [2.75, 3.05) is 0 Å². The molecule has 3 nitrogen and oxygen atoms in total. The van der Waals surface area contributed by atoms with Gasteiger partial charge in [0.25, 0.3) is 0 Å². The maximum atomic E-state index is 5.78. The smallest absolute Gasteiger partial charge is 0.0537 e. The van der Waals surface area contributed by atoms with E-state index in [-0.39, 0.29) is 6.04 Å². The van der Waals surface area contributed by atoms with Crippen LogP contribution >= 0.6 is 0 Å². The third kappa shape index (κ3) is 2.70. The molecule has 1 unspecified atom stereocenters. The van der Waals surface area contributed by atoms with Crippen LogP contribution in [0.15, 0.2) is 42.7 Å². The minimum absolute atomic E-state index is 0.0606. The molecule has 1 aromatic carbocycles. The van der Waals surface area contributed by atoms with Crippen LogP contribution in [0, 0.1) is 0 Å². The fourth-order valence-corrected chi connectivity index (χ4v) is 1.63. The minimum Gasteiger partial charge on any atom is -0.324 e. The van der Waals surface area contributed by atoms with Crippen LogP contribution in [-0.4, -0.2) is 9.78 Å². The Labute approximate surface area is 95.9 Å². The molecule has 0 aliphatic carbocycles. The number of hydrogen-bond donors (Lipinski definition) is 1. The number of aromatic nitrogens is 2. The monoisotopic (exact) mass is 215 g/mol. The molecule has 0 spiro atoms. The summed E-state index contributed by atoms with van der Waals surface area (Å²) in [7, 11) is 0. The summed E-state index contributed by atoms with van der Waals surface area (Å²) in [5.41, 5.74) is 8.21. The molecular weight excluding hydrogens is 198 g/mol. The fraction of sp³-hybridized carbons (Fsp3) is 0.308. The van der Waals surface area contributed by atoms with E-state index in [2.05, 4.69) is 29.4 Å². The molecule has 0 bridgehead atoms. The number of hydrogen-bond acceptors (Lipinski definition) is 2. The number of aryl methyl sites for hydroxylation is 2. The topological polar surface area (TPSA) is 43.8 Å². The van der Waals surface area contributed by atoms with E-state index in [9.17, 15) is 0 Å². The van der Waals surface area contributed by atoms with Gasteiger partial charge in [0.1, 0.15) is 0 Å². The molecule has 2 aromatic rings. The summed E-state index contributed by atoms with van der Waals surface area (Å²) >= 11 is 0. The highest BCUT2D eigenvalue weighted by molar-refractivity contribution is 5.15. The van der Waals surface area contributed by atoms with Crippen molar-refractivity contribution in [1.82, 2.24) is 9.78 Å². The maximum absolute atomic E-state index is 5.78. The van der Waals surface area contributed by atoms with E-state index < -0.39 is 0 Å². The Bertz CT molecular complexity index is 431. The number of nitrogens with two attached hydrogens (primary N) is 1. The Morgan fingerprint density at radius 3 is 2.69 bits per heavy atom. The van der Waals surface area contributed by atoms with Crippen molar-refractivity contribution >= 4 is 0 Å². The highest BCUT2D eigenvalue weighted by atomic mass is 15.3. The SMILES string of the molecule is CC(N)c1cnn(CCc2ccccc2)c1. The second-order valence-corrected chi connectivity index (χ2v) is 4.06. The molecule has 0 aliphatic heterocycles. The van der Waals surface area contributed by atoms with Gasteiger partial charge in [0.05, 0.1) is 6.20 Å². The number of rotatable bonds is 4. The summed E-state index contributed by atoms with van der Waals surface area (Å²) in [5, 5.41) is 4.29. The van der Waals surface area contributed by atoms with Gasteiger partial charge in [0, 0.05) is 24.3 Å². The summed E-state index contributed by atoms with van der Waals surface area (Å²) in [4.78, 5) is 0. The third-order valence-electron chi connectivity index (χ3n) is 2.65. The van der Waals surface area contributed by atoms with Crippen molar-refractivity contribution in [3.63, 3.8) is 0 Å². The molecule has 0 amide bonds. The largest absolute Gasteiger partial charge is 0.324 e. The van der Waals surface area contributed by atoms with Crippen molar-refractivity contribution in [1.29, 1.82) is 0 Å². The third-order valence-corrected chi connectivity index (χ3v) is 2.65. The average molecular weight is 215 g/mol. The maximum Gasteiger partial charge on any atom is 0.0537 e. The van der Waals surface area contributed by atoms with Crippen molar-refractivity contribution in [2.45, 2.75) is 25.9 Å². The molecule has 0 saturated carbocycles. The van der Waals surface area contributed by atoms with Crippen LogP contribution in [0.1, 0.15) is 24.1 Å². The second kappa shape index (κ2) is 4.94. The molecule has 0 radical (unpaired) electrons. The van der Waals surface area contributed by atoms with Gasteiger partial charge in [-0.25, -0.2) is 0 Å². The van der Waals surface area contributed by atoms with Gasteiger partial charge < -0.3 is 5.73 Å². The first-order chi connectivity index (χ1) is 7.75. The molecule has 2 rings (SSSR count). The Kier molecular flexibility index (Phi) is 3.37. The first kappa shape index (κ1) is 10.9. The Morgan fingerprint density at radius 1 is 1.31 bits per heavy atom. The zero-order chi connectivity index (χ0) is 11.4. The molecular formula is C13H17N3. The number of nitrogens with zero attached hydrogens (tertiary/aromatic N) is 2. The quantitative estimate of drug-likeness (QED) is 0.849. The number of benzene rings is 1. The van der Waals surface area contributed by atoms with Gasteiger partial charge in [-0.2, -0.15) is 5.10 Å². The normalized spacial score (nSPS) is 12.6. The molecule has 1 aromatic heterocycles. The molecule has 0 fully saturated rings. The Morgan fingerprint density at radius 2 is 2.06 bits per heavy atom. The van der Waals surface area contributed by atoms with E-state index in [4.69, 9.17) is 5.73 Å². The van der Waals surface area contributed by atoms with E-state index in [0.717, 1.165) is 18.5 Å². The van der Waals surface area contributed by atoms with Gasteiger partial charge in [-0.3, -0.25) is 4.68 Å². The first-order valence-corrected chi connectivity index (χ1v) is 5.57. The highest BCUT2D eigenvalue weighted by Gasteiger charge is 2.02. The molecule has 2 N–H and O–H groups in total. The van der Waals surface area contributed by atoms with Crippen molar-refractivity contribution in [2.24, 2.45) is 5.73 Å². The lowest BCUT2D eigenvalue weighted by Gasteiger charge is -2.02. The zero-order valence-electron chi connectivity index (χ0n) is 9.50. The van der Waals surface area contributed by atoms with Crippen LogP contribution < -0.4 is 5.73 Å². The van der Waals surface area contributed by atoms with E-state index in [1.54, 1.807) is 0 Å². The van der Waals surface area contributed by atoms with Crippen LogP contribution in [0.2, 0.25) is 0 Å². The highest BCUT2D eigenvalue weighted by Crippen LogP contribution is 2.08. The standard InChI is InChI=1S/C13H17N3/c1-11(14)13-9-15-16(10-13)8-7-12-5-3-2-4-6-12/h2-6,9-11H,7-8,14H2,1H3. The zero-order valence-corrected chi connectivity index (χ0v) is 9.50. The van der Waals surface area contributed by atoms with Gasteiger partial charge in [0.15, 0.2) is 0 Å². The van der Waals surface area contributed by atoms with Crippen LogP contribution in [0.5, 0.6) is 0 Å². The predicted molar refractivity (Wildman–Crippen MR) is 65.0 cm³/mol. The Balaban J connectivity index is 1.95. The molecule has 16 heavy (non-hydrogen) atoms. The summed E-state index contributed by atoms with van der Waals surface area (Å²) in [5.74, 6) is 0. The summed E-state index contributed by atoms with van der Waals surface area (Å²) in [6, 6.07) is 10.5. The van der Waals surface area contributed by atoms with Crippen LogP contribution in [0.4, 0.5) is 0 Å². The van der Waals surface area contributed by atoms with E-state index in [0.29, 0.717) is 0 Å². The molecule has 1 heterocycles. The van der Waals surface area contributed by atoms with E-state index in [1.165, 1.54) is 5.56 Å². The van der Waals surface area contributed by atoms with E-state index >= 15 is 0 Å². The lowest BCUT2D eigenvalue weighted by Crippen LogP contribution is -2.04. The summed E-state index contributed by atoms with van der Waals surface area (Å²) < 4.78 is 1.95. The molecule has 1 atom stereocenters. The Hall–Kier alpha value is -1.61. The molecule has 3 heteroatoms. The lowest BCUT2D eigenvalue weighted by atomic mass is 10.1. The van der Waals surface area contributed by atoms with Gasteiger partial charge in [-0.1, -0.05) is 30.3 Å². The van der Waals surface area contributed by atoms with Crippen molar-refractivity contribution in [3.05, 3.63) is 53.9 Å². The first-order valence-electron chi connectivity index (χ1n) is 5.57. The summed E-state index contributed by atoms with van der Waals surface area (Å²) in [6.07, 6.45) is 4.87. The van der Waals surface area contributed by atoms with Crippen LogP contribution in [-0.2, 0) is 13.0 Å². The predicted octanol–water partition coefficient (Wildman–Crippen LogP) is 2.15. The molecule has 84 valence electrons. The van der Waals surface area contributed by atoms with E-state index in [1.807, 2.05) is 30.1 Å². The second-order valence-electron chi connectivity index (χ2n) is 4.06. The molecule has 0 saturated heterocycles. The van der Waals surface area contributed by atoms with Crippen molar-refractivity contribution < 1.29 is 0 Å². The van der Waals surface area contributed by atoms with Gasteiger partial charge in [0.2, 0.25) is 0 Å².